The molecule has 1 aliphatic heterocycles. The van der Waals surface area contributed by atoms with Crippen molar-refractivity contribution in [1.29, 1.82) is 0 Å². The first-order valence-corrected chi connectivity index (χ1v) is 9.21. The Kier molecular flexibility index (Phi) is 5.66. The first-order valence-electron chi connectivity index (χ1n) is 6.23. The van der Waals surface area contributed by atoms with Gasteiger partial charge in [-0.1, -0.05) is 13.8 Å². The van der Waals surface area contributed by atoms with Crippen LogP contribution < -0.4 is 5.32 Å². The van der Waals surface area contributed by atoms with E-state index in [0.717, 1.165) is 18.3 Å². The zero-order valence-corrected chi connectivity index (χ0v) is 12.9. The van der Waals surface area contributed by atoms with Crippen LogP contribution in [0.15, 0.2) is 5.38 Å². The summed E-state index contributed by atoms with van der Waals surface area (Å²) in [6.07, 6.45) is 1.25. The maximum Gasteiger partial charge on any atom is 0.107 e. The lowest BCUT2D eigenvalue weighted by Crippen LogP contribution is -2.18. The Labute approximate surface area is 116 Å². The van der Waals surface area contributed by atoms with Crippen molar-refractivity contribution >= 4 is 34.9 Å². The fourth-order valence-corrected chi connectivity index (χ4v) is 6.18. The highest BCUT2D eigenvalue weighted by atomic mass is 32.2. The summed E-state index contributed by atoms with van der Waals surface area (Å²) in [6.45, 7) is 6.35. The molecular weight excluding hydrogens is 268 g/mol. The molecule has 2 atom stereocenters. The van der Waals surface area contributed by atoms with Gasteiger partial charge in [-0.2, -0.15) is 11.8 Å². The molecule has 1 aromatic heterocycles. The first kappa shape index (κ1) is 13.7. The van der Waals surface area contributed by atoms with Gasteiger partial charge in [0, 0.05) is 28.7 Å². The monoisotopic (exact) mass is 288 g/mol. The predicted octanol–water partition coefficient (Wildman–Crippen LogP) is 3.55. The van der Waals surface area contributed by atoms with E-state index in [1.807, 2.05) is 11.3 Å². The molecular formula is C12H20N2S3. The van der Waals surface area contributed by atoms with E-state index in [9.17, 15) is 0 Å². The Hall–Kier alpha value is 0.290. The molecule has 96 valence electrons. The molecule has 0 spiro atoms. The predicted molar refractivity (Wildman–Crippen MR) is 81.2 cm³/mol. The fourth-order valence-electron chi connectivity index (χ4n) is 1.92. The van der Waals surface area contributed by atoms with Gasteiger partial charge < -0.3 is 5.32 Å². The Bertz CT molecular complexity index is 340. The average molecular weight is 289 g/mol. The number of rotatable bonds is 5. The van der Waals surface area contributed by atoms with Crippen molar-refractivity contribution in [3.05, 3.63) is 16.1 Å². The van der Waals surface area contributed by atoms with Gasteiger partial charge in [0.05, 0.1) is 10.9 Å². The highest BCUT2D eigenvalue weighted by Crippen LogP contribution is 2.44. The van der Waals surface area contributed by atoms with Crippen molar-refractivity contribution in [3.63, 3.8) is 0 Å². The third-order valence-electron chi connectivity index (χ3n) is 2.82. The van der Waals surface area contributed by atoms with Crippen LogP contribution in [-0.4, -0.2) is 28.3 Å². The number of thioether (sulfide) groups is 2. The van der Waals surface area contributed by atoms with Crippen LogP contribution in [0.1, 0.15) is 36.2 Å². The third-order valence-corrected chi connectivity index (χ3v) is 7.20. The van der Waals surface area contributed by atoms with E-state index < -0.39 is 0 Å². The van der Waals surface area contributed by atoms with Crippen LogP contribution in [-0.2, 0) is 6.54 Å². The molecule has 17 heavy (non-hydrogen) atoms. The first-order chi connectivity index (χ1) is 8.35. The molecule has 1 aliphatic rings. The molecule has 1 saturated heterocycles. The Morgan fingerprint density at radius 2 is 2.18 bits per heavy atom. The van der Waals surface area contributed by atoms with Gasteiger partial charge in [-0.25, -0.2) is 4.98 Å². The molecule has 1 fully saturated rings. The quantitative estimate of drug-likeness (QED) is 0.895. The van der Waals surface area contributed by atoms with Gasteiger partial charge in [0.25, 0.3) is 0 Å². The molecule has 2 rings (SSSR count). The van der Waals surface area contributed by atoms with Gasteiger partial charge in [0.1, 0.15) is 5.01 Å². The van der Waals surface area contributed by atoms with Crippen LogP contribution in [0.2, 0.25) is 0 Å². The maximum atomic E-state index is 4.79. The normalized spacial score (nSPS) is 25.1. The second-order valence-corrected chi connectivity index (χ2v) is 7.55. The van der Waals surface area contributed by atoms with Crippen LogP contribution in [0.4, 0.5) is 0 Å². The minimum atomic E-state index is 0.624. The summed E-state index contributed by atoms with van der Waals surface area (Å²) < 4.78 is 0. The smallest absolute Gasteiger partial charge is 0.107 e. The standard InChI is InChI=1S/C12H20N2S3/c1-3-10-11(16-6-5-15-10)12-14-9(8-17-12)7-13-4-2/h8,10-11,13H,3-7H2,1-2H3. The summed E-state index contributed by atoms with van der Waals surface area (Å²) in [4.78, 5) is 4.79. The summed E-state index contributed by atoms with van der Waals surface area (Å²) in [5.41, 5.74) is 1.21. The molecule has 2 nitrogen and oxygen atoms in total. The lowest BCUT2D eigenvalue weighted by molar-refractivity contribution is 0.707. The van der Waals surface area contributed by atoms with Crippen LogP contribution in [0, 0.1) is 0 Å². The van der Waals surface area contributed by atoms with Crippen LogP contribution in [0.3, 0.4) is 0 Å². The van der Waals surface area contributed by atoms with E-state index in [4.69, 9.17) is 4.98 Å². The minimum Gasteiger partial charge on any atom is -0.311 e. The van der Waals surface area contributed by atoms with E-state index in [1.54, 1.807) is 0 Å². The van der Waals surface area contributed by atoms with Crippen molar-refractivity contribution in [1.82, 2.24) is 10.3 Å². The summed E-state index contributed by atoms with van der Waals surface area (Å²) in [6, 6.07) is 0. The summed E-state index contributed by atoms with van der Waals surface area (Å²) in [5.74, 6) is 2.57. The van der Waals surface area contributed by atoms with Gasteiger partial charge >= 0.3 is 0 Å². The van der Waals surface area contributed by atoms with Crippen LogP contribution in [0.25, 0.3) is 0 Å². The maximum absolute atomic E-state index is 4.79. The van der Waals surface area contributed by atoms with E-state index >= 15 is 0 Å². The van der Waals surface area contributed by atoms with Gasteiger partial charge in [-0.05, 0) is 13.0 Å². The minimum absolute atomic E-state index is 0.624. The molecule has 0 aromatic carbocycles. The lowest BCUT2D eigenvalue weighted by atomic mass is 10.2. The van der Waals surface area contributed by atoms with Crippen molar-refractivity contribution in [3.8, 4) is 0 Å². The molecule has 0 amide bonds. The summed E-state index contributed by atoms with van der Waals surface area (Å²) >= 11 is 6.06. The zero-order valence-electron chi connectivity index (χ0n) is 10.4. The van der Waals surface area contributed by atoms with E-state index in [1.165, 1.54) is 28.6 Å². The molecule has 2 heterocycles. The number of hydrogen-bond donors (Lipinski definition) is 1. The lowest BCUT2D eigenvalue weighted by Gasteiger charge is -2.28. The van der Waals surface area contributed by atoms with Crippen molar-refractivity contribution in [2.24, 2.45) is 0 Å². The molecule has 1 N–H and O–H groups in total. The van der Waals surface area contributed by atoms with E-state index in [-0.39, 0.29) is 0 Å². The number of nitrogens with zero attached hydrogens (tertiary/aromatic N) is 1. The second kappa shape index (κ2) is 7.02. The zero-order chi connectivity index (χ0) is 12.1. The molecule has 0 saturated carbocycles. The number of hydrogen-bond acceptors (Lipinski definition) is 5. The Morgan fingerprint density at radius 3 is 2.94 bits per heavy atom. The molecule has 1 aromatic rings. The van der Waals surface area contributed by atoms with Crippen molar-refractivity contribution in [2.75, 3.05) is 18.1 Å². The number of nitrogens with one attached hydrogen (secondary N) is 1. The average Bonchev–Trinajstić information content (AvgIpc) is 2.85. The van der Waals surface area contributed by atoms with Crippen molar-refractivity contribution < 1.29 is 0 Å². The van der Waals surface area contributed by atoms with E-state index in [0.29, 0.717) is 5.25 Å². The Balaban J connectivity index is 2.02. The van der Waals surface area contributed by atoms with Crippen LogP contribution >= 0.6 is 34.9 Å². The molecule has 2 unspecified atom stereocenters. The van der Waals surface area contributed by atoms with Gasteiger partial charge in [0.2, 0.25) is 0 Å². The van der Waals surface area contributed by atoms with Gasteiger partial charge in [-0.15, -0.1) is 23.1 Å². The summed E-state index contributed by atoms with van der Waals surface area (Å²) in [7, 11) is 0. The summed E-state index contributed by atoms with van der Waals surface area (Å²) in [5, 5.41) is 8.27. The van der Waals surface area contributed by atoms with Crippen LogP contribution in [0.5, 0.6) is 0 Å². The molecule has 0 radical (unpaired) electrons. The molecule has 5 heteroatoms. The van der Waals surface area contributed by atoms with E-state index in [2.05, 4.69) is 48.1 Å². The van der Waals surface area contributed by atoms with Gasteiger partial charge in [-0.3, -0.25) is 0 Å². The highest BCUT2D eigenvalue weighted by Gasteiger charge is 2.28. The second-order valence-electron chi connectivity index (χ2n) is 4.07. The fraction of sp³-hybridized carbons (Fsp3) is 0.750. The highest BCUT2D eigenvalue weighted by molar-refractivity contribution is 8.06. The number of aromatic nitrogens is 1. The van der Waals surface area contributed by atoms with Gasteiger partial charge in [0.15, 0.2) is 0 Å². The third kappa shape index (κ3) is 3.63. The largest absolute Gasteiger partial charge is 0.311 e. The number of thiazole rings is 1. The SMILES string of the molecule is CCNCc1csc(C2SCCSC2CC)n1. The topological polar surface area (TPSA) is 24.9 Å². The molecule has 0 bridgehead atoms. The van der Waals surface area contributed by atoms with Crippen molar-refractivity contribution in [2.45, 2.75) is 37.3 Å². The molecule has 0 aliphatic carbocycles. The Morgan fingerprint density at radius 1 is 1.35 bits per heavy atom.